The SMILES string of the molecule is C=CC(C)(O)/C=C/C1=C(C)C(=O)C(O)=CC1(C)C. The molecule has 0 radical (unpaired) electrons. The molecule has 3 nitrogen and oxygen atoms in total. The van der Waals surface area contributed by atoms with Crippen LogP contribution in [0.5, 0.6) is 0 Å². The molecule has 0 bridgehead atoms. The third-order valence-electron chi connectivity index (χ3n) is 3.17. The smallest absolute Gasteiger partial charge is 0.222 e. The average Bonchev–Trinajstić information content (AvgIpc) is 2.25. The molecular formula is C15H20O3. The van der Waals surface area contributed by atoms with Crippen molar-refractivity contribution in [2.45, 2.75) is 33.3 Å². The fraction of sp³-hybridized carbons (Fsp3) is 0.400. The van der Waals surface area contributed by atoms with Crippen molar-refractivity contribution in [1.82, 2.24) is 0 Å². The molecule has 0 heterocycles. The predicted molar refractivity (Wildman–Crippen MR) is 72.2 cm³/mol. The van der Waals surface area contributed by atoms with Crippen molar-refractivity contribution in [3.63, 3.8) is 0 Å². The molecule has 0 aromatic carbocycles. The monoisotopic (exact) mass is 248 g/mol. The second-order valence-electron chi connectivity index (χ2n) is 5.38. The normalized spacial score (nSPS) is 22.9. The molecule has 2 N–H and O–H groups in total. The lowest BCUT2D eigenvalue weighted by atomic mass is 9.75. The Kier molecular flexibility index (Phi) is 3.67. The molecule has 1 aliphatic rings. The van der Waals surface area contributed by atoms with Crippen molar-refractivity contribution in [3.05, 3.63) is 47.8 Å². The number of hydrogen-bond donors (Lipinski definition) is 2. The van der Waals surface area contributed by atoms with Crippen molar-refractivity contribution in [2.75, 3.05) is 0 Å². The van der Waals surface area contributed by atoms with E-state index in [2.05, 4.69) is 6.58 Å². The summed E-state index contributed by atoms with van der Waals surface area (Å²) in [7, 11) is 0. The minimum atomic E-state index is -1.12. The van der Waals surface area contributed by atoms with E-state index < -0.39 is 11.0 Å². The second kappa shape index (κ2) is 4.58. The summed E-state index contributed by atoms with van der Waals surface area (Å²) in [6, 6.07) is 0. The quantitative estimate of drug-likeness (QED) is 0.755. The van der Waals surface area contributed by atoms with Gasteiger partial charge in [0.15, 0.2) is 5.76 Å². The van der Waals surface area contributed by atoms with Gasteiger partial charge in [0.05, 0.1) is 5.60 Å². The van der Waals surface area contributed by atoms with E-state index in [1.54, 1.807) is 26.0 Å². The van der Waals surface area contributed by atoms with E-state index in [0.29, 0.717) is 5.57 Å². The van der Waals surface area contributed by atoms with Gasteiger partial charge in [-0.05, 0) is 31.6 Å². The van der Waals surface area contributed by atoms with Gasteiger partial charge in [-0.2, -0.15) is 0 Å². The molecule has 0 saturated carbocycles. The number of allylic oxidation sites excluding steroid dienone is 4. The van der Waals surface area contributed by atoms with Gasteiger partial charge in [0, 0.05) is 11.0 Å². The molecular weight excluding hydrogens is 228 g/mol. The maximum atomic E-state index is 11.7. The van der Waals surface area contributed by atoms with Crippen LogP contribution in [0.25, 0.3) is 0 Å². The van der Waals surface area contributed by atoms with E-state index >= 15 is 0 Å². The van der Waals surface area contributed by atoms with Crippen LogP contribution in [-0.2, 0) is 4.79 Å². The zero-order valence-electron chi connectivity index (χ0n) is 11.3. The molecule has 0 fully saturated rings. The first kappa shape index (κ1) is 14.5. The summed E-state index contributed by atoms with van der Waals surface area (Å²) >= 11 is 0. The first-order chi connectivity index (χ1) is 8.10. The fourth-order valence-corrected chi connectivity index (χ4v) is 1.94. The molecule has 3 heteroatoms. The summed E-state index contributed by atoms with van der Waals surface area (Å²) in [6.45, 7) is 10.6. The molecule has 0 spiro atoms. The molecule has 18 heavy (non-hydrogen) atoms. The van der Waals surface area contributed by atoms with Gasteiger partial charge in [0.1, 0.15) is 0 Å². The van der Waals surface area contributed by atoms with Crippen LogP contribution in [0.2, 0.25) is 0 Å². The average molecular weight is 248 g/mol. The highest BCUT2D eigenvalue weighted by molar-refractivity contribution is 6.08. The van der Waals surface area contributed by atoms with E-state index in [0.717, 1.165) is 5.57 Å². The number of aliphatic hydroxyl groups excluding tert-OH is 1. The fourth-order valence-electron chi connectivity index (χ4n) is 1.94. The minimum Gasteiger partial charge on any atom is -0.504 e. The number of rotatable bonds is 3. The number of carbonyl (C=O) groups is 1. The Hall–Kier alpha value is -1.61. The number of carbonyl (C=O) groups excluding carboxylic acids is 1. The highest BCUT2D eigenvalue weighted by atomic mass is 16.3. The van der Waals surface area contributed by atoms with Crippen molar-refractivity contribution in [3.8, 4) is 0 Å². The first-order valence-electron chi connectivity index (χ1n) is 5.84. The van der Waals surface area contributed by atoms with Crippen molar-refractivity contribution < 1.29 is 15.0 Å². The number of Topliss-reactive ketones (excluding diaryl/α,β-unsaturated/α-hetero) is 1. The third-order valence-corrected chi connectivity index (χ3v) is 3.17. The summed E-state index contributed by atoms with van der Waals surface area (Å²) in [5.74, 6) is -0.586. The largest absolute Gasteiger partial charge is 0.504 e. The van der Waals surface area contributed by atoms with E-state index in [1.807, 2.05) is 13.8 Å². The zero-order valence-corrected chi connectivity index (χ0v) is 11.3. The van der Waals surface area contributed by atoms with E-state index in [9.17, 15) is 15.0 Å². The Morgan fingerprint density at radius 2 is 2.00 bits per heavy atom. The van der Waals surface area contributed by atoms with Gasteiger partial charge < -0.3 is 10.2 Å². The van der Waals surface area contributed by atoms with Crippen molar-refractivity contribution >= 4 is 5.78 Å². The lowest BCUT2D eigenvalue weighted by Gasteiger charge is -2.29. The highest BCUT2D eigenvalue weighted by Gasteiger charge is 2.31. The lowest BCUT2D eigenvalue weighted by molar-refractivity contribution is -0.114. The minimum absolute atomic E-state index is 0.217. The Balaban J connectivity index is 3.22. The molecule has 0 amide bonds. The van der Waals surface area contributed by atoms with Crippen molar-refractivity contribution in [1.29, 1.82) is 0 Å². The molecule has 0 aromatic heterocycles. The summed E-state index contributed by atoms with van der Waals surface area (Å²) in [5, 5.41) is 19.4. The van der Waals surface area contributed by atoms with Gasteiger partial charge in [-0.3, -0.25) is 4.79 Å². The lowest BCUT2D eigenvalue weighted by Crippen LogP contribution is -2.24. The zero-order chi connectivity index (χ0) is 14.1. The Bertz CT molecular complexity index is 474. The van der Waals surface area contributed by atoms with Crippen LogP contribution < -0.4 is 0 Å². The maximum Gasteiger partial charge on any atom is 0.222 e. The Morgan fingerprint density at radius 3 is 2.50 bits per heavy atom. The molecule has 0 aromatic rings. The second-order valence-corrected chi connectivity index (χ2v) is 5.38. The summed E-state index contributed by atoms with van der Waals surface area (Å²) in [4.78, 5) is 11.7. The molecule has 0 saturated heterocycles. The van der Waals surface area contributed by atoms with Gasteiger partial charge in [-0.1, -0.05) is 32.6 Å². The highest BCUT2D eigenvalue weighted by Crippen LogP contribution is 2.37. The Labute approximate surface area is 108 Å². The molecule has 1 rings (SSSR count). The van der Waals surface area contributed by atoms with Crippen LogP contribution in [0.3, 0.4) is 0 Å². The number of hydrogen-bond acceptors (Lipinski definition) is 3. The van der Waals surface area contributed by atoms with Crippen LogP contribution >= 0.6 is 0 Å². The maximum absolute atomic E-state index is 11.7. The van der Waals surface area contributed by atoms with Gasteiger partial charge in [-0.25, -0.2) is 0 Å². The van der Waals surface area contributed by atoms with Gasteiger partial charge >= 0.3 is 0 Å². The summed E-state index contributed by atoms with van der Waals surface area (Å²) in [6.07, 6.45) is 6.26. The Morgan fingerprint density at radius 1 is 1.44 bits per heavy atom. The van der Waals surface area contributed by atoms with Gasteiger partial charge in [-0.15, -0.1) is 0 Å². The van der Waals surface area contributed by atoms with E-state index in [4.69, 9.17) is 0 Å². The molecule has 0 aliphatic heterocycles. The van der Waals surface area contributed by atoms with Crippen LogP contribution in [0, 0.1) is 5.41 Å². The van der Waals surface area contributed by atoms with Gasteiger partial charge in [0.25, 0.3) is 0 Å². The van der Waals surface area contributed by atoms with Crippen LogP contribution in [0.1, 0.15) is 27.7 Å². The summed E-state index contributed by atoms with van der Waals surface area (Å²) in [5.41, 5.74) is -0.283. The molecule has 98 valence electrons. The molecule has 1 atom stereocenters. The van der Waals surface area contributed by atoms with E-state index in [-0.39, 0.29) is 11.5 Å². The van der Waals surface area contributed by atoms with Crippen molar-refractivity contribution in [2.24, 2.45) is 5.41 Å². The van der Waals surface area contributed by atoms with Crippen LogP contribution in [-0.4, -0.2) is 21.6 Å². The van der Waals surface area contributed by atoms with E-state index in [1.165, 1.54) is 12.2 Å². The number of ketones is 1. The molecule has 1 aliphatic carbocycles. The predicted octanol–water partition coefficient (Wildman–Crippen LogP) is 2.85. The first-order valence-corrected chi connectivity index (χ1v) is 5.84. The topological polar surface area (TPSA) is 57.5 Å². The van der Waals surface area contributed by atoms with Crippen LogP contribution in [0.4, 0.5) is 0 Å². The standard InChI is InChI=1S/C15H20O3/c1-6-15(5,18)8-7-11-10(2)13(17)12(16)9-14(11,3)4/h6-9,16,18H,1H2,2-5H3/b8-7+. The third kappa shape index (κ3) is 2.79. The summed E-state index contributed by atoms with van der Waals surface area (Å²) < 4.78 is 0. The van der Waals surface area contributed by atoms with Crippen LogP contribution in [0.15, 0.2) is 47.8 Å². The van der Waals surface area contributed by atoms with Gasteiger partial charge in [0.2, 0.25) is 5.78 Å². The molecule has 1 unspecified atom stereocenters. The number of aliphatic hydroxyl groups is 2.